The Labute approximate surface area is 79.5 Å². The molecule has 3 heteroatoms. The highest BCUT2D eigenvalue weighted by Crippen LogP contribution is 2.33. The third-order valence-electron chi connectivity index (χ3n) is 3.03. The Morgan fingerprint density at radius 3 is 2.42 bits per heavy atom. The van der Waals surface area contributed by atoms with Crippen molar-refractivity contribution in [3.05, 3.63) is 0 Å². The number of hydrogen-bond acceptors (Lipinski definition) is 2. The maximum absolute atomic E-state index is 11.6. The van der Waals surface area contributed by atoms with Crippen LogP contribution in [0.2, 0.25) is 0 Å². The second-order valence-electron chi connectivity index (χ2n) is 3.74. The van der Waals surface area contributed by atoms with E-state index in [1.807, 2.05) is 0 Å². The van der Waals surface area contributed by atoms with E-state index in [1.54, 1.807) is 0 Å². The Hall–Kier alpha value is -0.0800. The minimum absolute atomic E-state index is 0. The summed E-state index contributed by atoms with van der Waals surface area (Å²) in [5.74, 6) is 0.473. The Morgan fingerprint density at radius 1 is 1.17 bits per heavy atom. The molecule has 1 saturated carbocycles. The van der Waals surface area contributed by atoms with Gasteiger partial charge >= 0.3 is 0 Å². The molecule has 1 saturated heterocycles. The number of carbonyl (C=O) groups is 1. The summed E-state index contributed by atoms with van der Waals surface area (Å²) < 4.78 is 0. The molecule has 12 heavy (non-hydrogen) atoms. The van der Waals surface area contributed by atoms with Gasteiger partial charge in [0.05, 0.1) is 5.54 Å². The zero-order chi connectivity index (χ0) is 7.73. The lowest BCUT2D eigenvalue weighted by molar-refractivity contribution is -0.126. The maximum Gasteiger partial charge on any atom is 0.152 e. The van der Waals surface area contributed by atoms with Gasteiger partial charge in [0.2, 0.25) is 0 Å². The molecule has 70 valence electrons. The molecule has 1 heterocycles. The standard InChI is InChI=1S/C9H15NO.ClH/c11-8-4-3-7-10-9(8)5-1-2-6-9;/h10H,1-7H2;1H. The van der Waals surface area contributed by atoms with E-state index in [4.69, 9.17) is 0 Å². The minimum atomic E-state index is -0.0573. The number of halogens is 1. The van der Waals surface area contributed by atoms with E-state index < -0.39 is 0 Å². The molecular formula is C9H16ClNO. The fourth-order valence-corrected chi connectivity index (χ4v) is 2.35. The number of nitrogens with one attached hydrogen (secondary N) is 1. The van der Waals surface area contributed by atoms with Gasteiger partial charge < -0.3 is 5.32 Å². The van der Waals surface area contributed by atoms with Crippen LogP contribution in [0.5, 0.6) is 0 Å². The molecule has 1 N–H and O–H groups in total. The normalized spacial score (nSPS) is 27.2. The van der Waals surface area contributed by atoms with Crippen molar-refractivity contribution in [1.82, 2.24) is 5.32 Å². The summed E-state index contributed by atoms with van der Waals surface area (Å²) in [6.07, 6.45) is 6.50. The second-order valence-corrected chi connectivity index (χ2v) is 3.74. The quantitative estimate of drug-likeness (QED) is 0.628. The molecule has 2 rings (SSSR count). The molecule has 0 unspecified atom stereocenters. The molecule has 0 aromatic carbocycles. The van der Waals surface area contributed by atoms with Gasteiger partial charge in [-0.3, -0.25) is 4.79 Å². The molecular weight excluding hydrogens is 174 g/mol. The van der Waals surface area contributed by atoms with Crippen molar-refractivity contribution in [1.29, 1.82) is 0 Å². The van der Waals surface area contributed by atoms with E-state index in [-0.39, 0.29) is 17.9 Å². The van der Waals surface area contributed by atoms with E-state index in [2.05, 4.69) is 5.32 Å². The lowest BCUT2D eigenvalue weighted by Crippen LogP contribution is -2.53. The summed E-state index contributed by atoms with van der Waals surface area (Å²) in [6, 6.07) is 0. The lowest BCUT2D eigenvalue weighted by atomic mass is 9.86. The van der Waals surface area contributed by atoms with Gasteiger partial charge in [0.15, 0.2) is 5.78 Å². The molecule has 1 spiro atoms. The van der Waals surface area contributed by atoms with Gasteiger partial charge in [-0.1, -0.05) is 12.8 Å². The van der Waals surface area contributed by atoms with Crippen molar-refractivity contribution < 1.29 is 4.79 Å². The summed E-state index contributed by atoms with van der Waals surface area (Å²) in [5, 5.41) is 3.39. The molecule has 2 fully saturated rings. The third kappa shape index (κ3) is 1.50. The van der Waals surface area contributed by atoms with Crippen LogP contribution in [-0.2, 0) is 4.79 Å². The molecule has 1 aliphatic carbocycles. The van der Waals surface area contributed by atoms with Gasteiger partial charge in [-0.05, 0) is 25.8 Å². The number of rotatable bonds is 0. The van der Waals surface area contributed by atoms with Gasteiger partial charge in [-0.25, -0.2) is 0 Å². The van der Waals surface area contributed by atoms with E-state index in [0.717, 1.165) is 32.2 Å². The van der Waals surface area contributed by atoms with Crippen molar-refractivity contribution in [3.63, 3.8) is 0 Å². The van der Waals surface area contributed by atoms with Gasteiger partial charge in [-0.15, -0.1) is 12.4 Å². The zero-order valence-electron chi connectivity index (χ0n) is 7.27. The summed E-state index contributed by atoms with van der Waals surface area (Å²) in [6.45, 7) is 1.05. The number of Topliss-reactive ketones (excluding diaryl/α,β-unsaturated/α-hetero) is 1. The monoisotopic (exact) mass is 189 g/mol. The highest BCUT2D eigenvalue weighted by Gasteiger charge is 2.41. The van der Waals surface area contributed by atoms with Gasteiger partial charge in [0.1, 0.15) is 0 Å². The van der Waals surface area contributed by atoms with Crippen LogP contribution in [-0.4, -0.2) is 17.9 Å². The van der Waals surface area contributed by atoms with Crippen molar-refractivity contribution in [2.75, 3.05) is 6.54 Å². The second kappa shape index (κ2) is 3.75. The molecule has 0 bridgehead atoms. The Morgan fingerprint density at radius 2 is 1.83 bits per heavy atom. The molecule has 2 nitrogen and oxygen atoms in total. The zero-order valence-corrected chi connectivity index (χ0v) is 8.08. The Kier molecular flexibility index (Phi) is 3.13. The number of piperidine rings is 1. The van der Waals surface area contributed by atoms with Gasteiger partial charge in [-0.2, -0.15) is 0 Å². The molecule has 0 aromatic rings. The first-order chi connectivity index (χ1) is 5.33. The first-order valence-electron chi connectivity index (χ1n) is 4.62. The third-order valence-corrected chi connectivity index (χ3v) is 3.03. The van der Waals surface area contributed by atoms with Crippen LogP contribution in [0, 0.1) is 0 Å². The van der Waals surface area contributed by atoms with Crippen LogP contribution < -0.4 is 5.32 Å². The molecule has 0 atom stereocenters. The predicted molar refractivity (Wildman–Crippen MR) is 50.7 cm³/mol. The van der Waals surface area contributed by atoms with Crippen LogP contribution in [0.25, 0.3) is 0 Å². The highest BCUT2D eigenvalue weighted by atomic mass is 35.5. The first kappa shape index (κ1) is 10.0. The smallest absolute Gasteiger partial charge is 0.152 e. The first-order valence-corrected chi connectivity index (χ1v) is 4.62. The van der Waals surface area contributed by atoms with Crippen LogP contribution in [0.1, 0.15) is 38.5 Å². The van der Waals surface area contributed by atoms with Crippen molar-refractivity contribution in [2.24, 2.45) is 0 Å². The fourth-order valence-electron chi connectivity index (χ4n) is 2.35. The van der Waals surface area contributed by atoms with Crippen molar-refractivity contribution >= 4 is 18.2 Å². The van der Waals surface area contributed by atoms with Gasteiger partial charge in [0.25, 0.3) is 0 Å². The van der Waals surface area contributed by atoms with Crippen LogP contribution in [0.15, 0.2) is 0 Å². The number of ketones is 1. The summed E-state index contributed by atoms with van der Waals surface area (Å²) >= 11 is 0. The molecule has 0 radical (unpaired) electrons. The van der Waals surface area contributed by atoms with Crippen molar-refractivity contribution in [2.45, 2.75) is 44.1 Å². The molecule has 0 aromatic heterocycles. The highest BCUT2D eigenvalue weighted by molar-refractivity contribution is 5.89. The average Bonchev–Trinajstić information content (AvgIpc) is 2.46. The largest absolute Gasteiger partial charge is 0.305 e. The van der Waals surface area contributed by atoms with Crippen LogP contribution in [0.3, 0.4) is 0 Å². The molecule has 2 aliphatic rings. The summed E-state index contributed by atoms with van der Waals surface area (Å²) in [7, 11) is 0. The SMILES string of the molecule is Cl.O=C1CCCNC12CCCC2. The fraction of sp³-hybridized carbons (Fsp3) is 0.889. The maximum atomic E-state index is 11.6. The van der Waals surface area contributed by atoms with E-state index in [9.17, 15) is 4.79 Å². The number of hydrogen-bond donors (Lipinski definition) is 1. The number of carbonyl (C=O) groups excluding carboxylic acids is 1. The van der Waals surface area contributed by atoms with Crippen molar-refractivity contribution in [3.8, 4) is 0 Å². The van der Waals surface area contributed by atoms with Gasteiger partial charge in [0, 0.05) is 6.42 Å². The van der Waals surface area contributed by atoms with E-state index in [1.165, 1.54) is 12.8 Å². The van der Waals surface area contributed by atoms with E-state index >= 15 is 0 Å². The summed E-state index contributed by atoms with van der Waals surface area (Å²) in [4.78, 5) is 11.6. The average molecular weight is 190 g/mol. The summed E-state index contributed by atoms with van der Waals surface area (Å²) in [5.41, 5.74) is -0.0573. The molecule has 0 amide bonds. The van der Waals surface area contributed by atoms with Crippen LogP contribution in [0.4, 0.5) is 0 Å². The topological polar surface area (TPSA) is 29.1 Å². The Balaban J connectivity index is 0.000000720. The van der Waals surface area contributed by atoms with Crippen LogP contribution >= 0.6 is 12.4 Å². The van der Waals surface area contributed by atoms with E-state index in [0.29, 0.717) is 5.78 Å². The predicted octanol–water partition coefficient (Wildman–Crippen LogP) is 1.67. The lowest BCUT2D eigenvalue weighted by Gasteiger charge is -2.32. The Bertz CT molecular complexity index is 175. The minimum Gasteiger partial charge on any atom is -0.305 e. The molecule has 1 aliphatic heterocycles.